The van der Waals surface area contributed by atoms with Gasteiger partial charge in [0.2, 0.25) is 11.8 Å². The first-order valence-electron chi connectivity index (χ1n) is 9.70. The van der Waals surface area contributed by atoms with E-state index in [0.29, 0.717) is 18.9 Å². The molecule has 0 radical (unpaired) electrons. The van der Waals surface area contributed by atoms with Crippen LogP contribution in [0.2, 0.25) is 0 Å². The van der Waals surface area contributed by atoms with E-state index in [-0.39, 0.29) is 29.9 Å². The zero-order chi connectivity index (χ0) is 18.9. The van der Waals surface area contributed by atoms with Gasteiger partial charge in [0.1, 0.15) is 0 Å². The lowest BCUT2D eigenvalue weighted by molar-refractivity contribution is -0.139. The fourth-order valence-corrected chi connectivity index (χ4v) is 3.81. The number of amides is 2. The van der Waals surface area contributed by atoms with Gasteiger partial charge in [0, 0.05) is 26.6 Å². The van der Waals surface area contributed by atoms with E-state index in [1.165, 1.54) is 0 Å². The highest BCUT2D eigenvalue weighted by molar-refractivity contribution is 5.80. The van der Waals surface area contributed by atoms with Crippen LogP contribution in [0.1, 0.15) is 39.5 Å². The van der Waals surface area contributed by atoms with Crippen LogP contribution in [0, 0.1) is 11.8 Å². The second kappa shape index (κ2) is 10.3. The summed E-state index contributed by atoms with van der Waals surface area (Å²) in [5.74, 6) is 0.179. The number of carbonyl (C=O) groups excluding carboxylic acids is 2. The standard InChI is InChI=1S/C21H32N2O3/c1-4-19(24)23-15-9-12-18(23)20(26-3)16(2)21(25)22-14-13-17-10-7-5-6-8-11-17/h5-8,10-11,16-18,20H,4,9,12-15H2,1-3H3,(H,22,25)/t16-,18+,20-/m1/s1. The number of ether oxygens (including phenoxy) is 1. The Labute approximate surface area is 157 Å². The number of hydrogen-bond donors (Lipinski definition) is 1. The van der Waals surface area contributed by atoms with Gasteiger partial charge in [-0.1, -0.05) is 50.3 Å². The van der Waals surface area contributed by atoms with Crippen LogP contribution in [0.15, 0.2) is 36.5 Å². The lowest BCUT2D eigenvalue weighted by Crippen LogP contribution is -2.49. The summed E-state index contributed by atoms with van der Waals surface area (Å²) in [5, 5.41) is 3.04. The number of carbonyl (C=O) groups is 2. The molecule has 5 nitrogen and oxygen atoms in total. The molecule has 1 aliphatic heterocycles. The first-order valence-corrected chi connectivity index (χ1v) is 9.70. The van der Waals surface area contributed by atoms with Gasteiger partial charge in [0.25, 0.3) is 0 Å². The predicted molar refractivity (Wildman–Crippen MR) is 104 cm³/mol. The van der Waals surface area contributed by atoms with Crippen molar-refractivity contribution in [2.75, 3.05) is 20.2 Å². The van der Waals surface area contributed by atoms with E-state index in [9.17, 15) is 9.59 Å². The topological polar surface area (TPSA) is 58.6 Å². The number of nitrogens with zero attached hydrogens (tertiary/aromatic N) is 1. The van der Waals surface area contributed by atoms with E-state index in [0.717, 1.165) is 25.8 Å². The molecule has 0 aromatic heterocycles. The molecule has 5 heteroatoms. The summed E-state index contributed by atoms with van der Waals surface area (Å²) in [6.45, 7) is 5.16. The first kappa shape index (κ1) is 20.4. The van der Waals surface area contributed by atoms with Crippen molar-refractivity contribution in [2.45, 2.75) is 51.7 Å². The van der Waals surface area contributed by atoms with Crippen molar-refractivity contribution in [1.29, 1.82) is 0 Å². The molecule has 26 heavy (non-hydrogen) atoms. The van der Waals surface area contributed by atoms with Gasteiger partial charge >= 0.3 is 0 Å². The summed E-state index contributed by atoms with van der Waals surface area (Å²) in [6, 6.07) is -0.00741. The molecule has 0 unspecified atom stereocenters. The largest absolute Gasteiger partial charge is 0.378 e. The molecule has 0 aromatic rings. The Morgan fingerprint density at radius 1 is 1.23 bits per heavy atom. The molecule has 2 amide bonds. The van der Waals surface area contributed by atoms with E-state index < -0.39 is 0 Å². The van der Waals surface area contributed by atoms with Crippen LogP contribution >= 0.6 is 0 Å². The van der Waals surface area contributed by atoms with Gasteiger partial charge in [-0.25, -0.2) is 0 Å². The third-order valence-electron chi connectivity index (χ3n) is 5.31. The molecule has 1 fully saturated rings. The lowest BCUT2D eigenvalue weighted by atomic mass is 9.94. The Morgan fingerprint density at radius 3 is 2.54 bits per heavy atom. The minimum atomic E-state index is -0.294. The molecule has 0 saturated carbocycles. The Morgan fingerprint density at radius 2 is 1.92 bits per heavy atom. The van der Waals surface area contributed by atoms with Crippen molar-refractivity contribution in [1.82, 2.24) is 10.2 Å². The maximum atomic E-state index is 12.6. The van der Waals surface area contributed by atoms with Gasteiger partial charge in [-0.2, -0.15) is 0 Å². The van der Waals surface area contributed by atoms with E-state index in [4.69, 9.17) is 4.74 Å². The fourth-order valence-electron chi connectivity index (χ4n) is 3.81. The maximum Gasteiger partial charge on any atom is 0.225 e. The molecule has 0 aromatic carbocycles. The van der Waals surface area contributed by atoms with Crippen LogP contribution in [-0.2, 0) is 14.3 Å². The van der Waals surface area contributed by atoms with E-state index in [1.807, 2.05) is 43.1 Å². The first-order chi connectivity index (χ1) is 12.6. The summed E-state index contributed by atoms with van der Waals surface area (Å²) in [7, 11) is 1.63. The number of rotatable bonds is 8. The minimum absolute atomic E-state index is 0.00708. The summed E-state index contributed by atoms with van der Waals surface area (Å²) >= 11 is 0. The Hall–Kier alpha value is -1.88. The molecule has 1 heterocycles. The fraction of sp³-hybridized carbons (Fsp3) is 0.619. The van der Waals surface area contributed by atoms with E-state index >= 15 is 0 Å². The van der Waals surface area contributed by atoms with Crippen molar-refractivity contribution in [3.05, 3.63) is 36.5 Å². The van der Waals surface area contributed by atoms with Crippen molar-refractivity contribution >= 4 is 11.8 Å². The molecule has 1 aliphatic carbocycles. The molecular weight excluding hydrogens is 328 g/mol. The quantitative estimate of drug-likeness (QED) is 0.724. The van der Waals surface area contributed by atoms with Gasteiger partial charge in [-0.05, 0) is 25.2 Å². The molecular formula is C21H32N2O3. The third-order valence-corrected chi connectivity index (χ3v) is 5.31. The van der Waals surface area contributed by atoms with Crippen LogP contribution in [0.3, 0.4) is 0 Å². The second-order valence-electron chi connectivity index (χ2n) is 7.04. The van der Waals surface area contributed by atoms with Crippen molar-refractivity contribution < 1.29 is 14.3 Å². The van der Waals surface area contributed by atoms with E-state index in [2.05, 4.69) is 17.5 Å². The van der Waals surface area contributed by atoms with Crippen LogP contribution < -0.4 is 5.32 Å². The second-order valence-corrected chi connectivity index (χ2v) is 7.04. The summed E-state index contributed by atoms with van der Waals surface area (Å²) in [6.07, 6.45) is 15.3. The monoisotopic (exact) mass is 360 g/mol. The Kier molecular flexibility index (Phi) is 8.10. The van der Waals surface area contributed by atoms with Crippen LogP contribution in [0.25, 0.3) is 0 Å². The number of allylic oxidation sites excluding steroid dienone is 6. The summed E-state index contributed by atoms with van der Waals surface area (Å²) < 4.78 is 5.67. The predicted octanol–water partition coefficient (Wildman–Crippen LogP) is 2.84. The highest BCUT2D eigenvalue weighted by Gasteiger charge is 2.39. The normalized spacial score (nSPS) is 22.3. The van der Waals surface area contributed by atoms with Gasteiger partial charge in [0.05, 0.1) is 18.1 Å². The molecule has 0 bridgehead atoms. The highest BCUT2D eigenvalue weighted by atomic mass is 16.5. The van der Waals surface area contributed by atoms with Crippen LogP contribution in [-0.4, -0.2) is 49.1 Å². The number of methoxy groups -OCH3 is 1. The minimum Gasteiger partial charge on any atom is -0.378 e. The SMILES string of the molecule is CCC(=O)N1CCC[C@H]1[C@H](OC)[C@@H](C)C(=O)NCCC1C=CC=CC=C1. The molecule has 1 saturated heterocycles. The van der Waals surface area contributed by atoms with Gasteiger partial charge in [-0.3, -0.25) is 9.59 Å². The number of hydrogen-bond acceptors (Lipinski definition) is 3. The maximum absolute atomic E-state index is 12.6. The summed E-state index contributed by atoms with van der Waals surface area (Å²) in [5.41, 5.74) is 0. The van der Waals surface area contributed by atoms with Crippen molar-refractivity contribution in [3.63, 3.8) is 0 Å². The summed E-state index contributed by atoms with van der Waals surface area (Å²) in [4.78, 5) is 26.7. The number of nitrogens with one attached hydrogen (secondary N) is 1. The molecule has 2 aliphatic rings. The number of likely N-dealkylation sites (tertiary alicyclic amines) is 1. The third kappa shape index (κ3) is 5.31. The zero-order valence-corrected chi connectivity index (χ0v) is 16.2. The van der Waals surface area contributed by atoms with Gasteiger partial charge < -0.3 is 15.0 Å². The van der Waals surface area contributed by atoms with Crippen LogP contribution in [0.4, 0.5) is 0 Å². The molecule has 0 spiro atoms. The smallest absolute Gasteiger partial charge is 0.225 e. The van der Waals surface area contributed by atoms with Gasteiger partial charge in [0.15, 0.2) is 0 Å². The van der Waals surface area contributed by atoms with Crippen molar-refractivity contribution in [2.24, 2.45) is 11.8 Å². The molecule has 144 valence electrons. The Balaban J connectivity index is 1.87. The molecule has 1 N–H and O–H groups in total. The zero-order valence-electron chi connectivity index (χ0n) is 16.2. The Bertz CT molecular complexity index is 552. The average molecular weight is 360 g/mol. The van der Waals surface area contributed by atoms with E-state index in [1.54, 1.807) is 7.11 Å². The lowest BCUT2D eigenvalue weighted by Gasteiger charge is -2.33. The van der Waals surface area contributed by atoms with Gasteiger partial charge in [-0.15, -0.1) is 0 Å². The van der Waals surface area contributed by atoms with Crippen LogP contribution in [0.5, 0.6) is 0 Å². The molecule has 3 atom stereocenters. The highest BCUT2D eigenvalue weighted by Crippen LogP contribution is 2.27. The molecule has 2 rings (SSSR count). The average Bonchev–Trinajstić information content (AvgIpc) is 2.98. The van der Waals surface area contributed by atoms with Crippen molar-refractivity contribution in [3.8, 4) is 0 Å².